The second-order valence-corrected chi connectivity index (χ2v) is 6.80. The van der Waals surface area contributed by atoms with Crippen LogP contribution in [0.4, 0.5) is 5.69 Å². The number of para-hydroxylation sites is 1. The Kier molecular flexibility index (Phi) is 4.02. The first-order chi connectivity index (χ1) is 13.0. The molecule has 1 atom stereocenters. The number of fused-ring (bicyclic) bond motifs is 1. The van der Waals surface area contributed by atoms with Crippen LogP contribution >= 0.6 is 0 Å². The lowest BCUT2D eigenvalue weighted by Crippen LogP contribution is -2.40. The second-order valence-electron chi connectivity index (χ2n) is 6.80. The van der Waals surface area contributed by atoms with Crippen LogP contribution in [0.3, 0.4) is 0 Å². The number of rotatable bonds is 3. The van der Waals surface area contributed by atoms with Gasteiger partial charge in [-0.15, -0.1) is 0 Å². The van der Waals surface area contributed by atoms with E-state index in [4.69, 9.17) is 5.26 Å². The van der Waals surface area contributed by atoms with Gasteiger partial charge in [-0.3, -0.25) is 4.79 Å². The average molecular weight is 354 g/mol. The Morgan fingerprint density at radius 1 is 1.04 bits per heavy atom. The Bertz CT molecular complexity index is 1080. The van der Waals surface area contributed by atoms with E-state index in [9.17, 15) is 9.90 Å². The van der Waals surface area contributed by atoms with Crippen molar-refractivity contribution in [3.63, 3.8) is 0 Å². The van der Waals surface area contributed by atoms with Crippen LogP contribution in [-0.2, 0) is 16.9 Å². The number of carbonyl (C=O) groups excluding carboxylic acids is 1. The zero-order valence-electron chi connectivity index (χ0n) is 14.9. The molecule has 0 fully saturated rings. The number of benzene rings is 3. The third-order valence-corrected chi connectivity index (χ3v) is 4.97. The average Bonchev–Trinajstić information content (AvgIpc) is 2.91. The third-order valence-electron chi connectivity index (χ3n) is 4.97. The lowest BCUT2D eigenvalue weighted by Gasteiger charge is -2.24. The molecule has 1 aliphatic heterocycles. The van der Waals surface area contributed by atoms with Crippen molar-refractivity contribution in [3.05, 3.63) is 101 Å². The smallest absolute Gasteiger partial charge is 0.268 e. The maximum absolute atomic E-state index is 13.4. The first-order valence-electron chi connectivity index (χ1n) is 8.74. The summed E-state index contributed by atoms with van der Waals surface area (Å²) in [6.07, 6.45) is 0. The molecule has 0 aromatic heterocycles. The van der Waals surface area contributed by atoms with Gasteiger partial charge in [-0.25, -0.2) is 0 Å². The van der Waals surface area contributed by atoms with E-state index >= 15 is 0 Å². The highest BCUT2D eigenvalue weighted by Crippen LogP contribution is 2.45. The van der Waals surface area contributed by atoms with E-state index in [1.807, 2.05) is 49.4 Å². The van der Waals surface area contributed by atoms with Crippen molar-refractivity contribution in [2.24, 2.45) is 0 Å². The molecule has 0 saturated heterocycles. The number of nitriles is 1. The van der Waals surface area contributed by atoms with Crippen LogP contribution < -0.4 is 4.90 Å². The van der Waals surface area contributed by atoms with Crippen LogP contribution in [0.15, 0.2) is 72.8 Å². The van der Waals surface area contributed by atoms with Crippen molar-refractivity contribution in [1.82, 2.24) is 0 Å². The predicted molar refractivity (Wildman–Crippen MR) is 103 cm³/mol. The molecule has 0 aliphatic carbocycles. The maximum Gasteiger partial charge on any atom is 0.268 e. The van der Waals surface area contributed by atoms with Crippen LogP contribution in [0.5, 0.6) is 0 Å². The molecule has 4 rings (SSSR count). The van der Waals surface area contributed by atoms with E-state index in [0.717, 1.165) is 11.1 Å². The van der Waals surface area contributed by atoms with E-state index in [0.29, 0.717) is 28.9 Å². The van der Waals surface area contributed by atoms with Gasteiger partial charge in [-0.1, -0.05) is 60.2 Å². The van der Waals surface area contributed by atoms with Crippen LogP contribution in [0.2, 0.25) is 0 Å². The largest absolute Gasteiger partial charge is 0.372 e. The van der Waals surface area contributed by atoms with Gasteiger partial charge in [-0.05, 0) is 36.2 Å². The van der Waals surface area contributed by atoms with Gasteiger partial charge in [0.2, 0.25) is 0 Å². The van der Waals surface area contributed by atoms with Crippen LogP contribution in [0.1, 0.15) is 27.8 Å². The molecule has 132 valence electrons. The van der Waals surface area contributed by atoms with Crippen molar-refractivity contribution >= 4 is 11.6 Å². The molecule has 1 aliphatic rings. The van der Waals surface area contributed by atoms with Crippen molar-refractivity contribution < 1.29 is 9.90 Å². The summed E-state index contributed by atoms with van der Waals surface area (Å²) < 4.78 is 0. The van der Waals surface area contributed by atoms with E-state index in [2.05, 4.69) is 6.07 Å². The molecule has 0 bridgehead atoms. The Hall–Kier alpha value is -3.42. The quantitative estimate of drug-likeness (QED) is 0.781. The third kappa shape index (κ3) is 2.69. The highest BCUT2D eigenvalue weighted by Gasteiger charge is 2.50. The number of anilines is 1. The summed E-state index contributed by atoms with van der Waals surface area (Å²) in [7, 11) is 0. The molecule has 4 heteroatoms. The SMILES string of the molecule is Cc1cccc([C@@]2(O)C(=O)N(Cc3cccc(C#N)c3)c3ccccc32)c1. The minimum Gasteiger partial charge on any atom is -0.372 e. The number of hydrogen-bond donors (Lipinski definition) is 1. The van der Waals surface area contributed by atoms with E-state index in [1.165, 1.54) is 0 Å². The van der Waals surface area contributed by atoms with Gasteiger partial charge in [0.05, 0.1) is 23.9 Å². The van der Waals surface area contributed by atoms with Gasteiger partial charge >= 0.3 is 0 Å². The zero-order chi connectivity index (χ0) is 19.0. The normalized spacial score (nSPS) is 18.3. The number of aryl methyl sites for hydroxylation is 1. The highest BCUT2D eigenvalue weighted by molar-refractivity contribution is 6.09. The van der Waals surface area contributed by atoms with Crippen LogP contribution in [0.25, 0.3) is 0 Å². The fraction of sp³-hybridized carbons (Fsp3) is 0.130. The Labute approximate surface area is 157 Å². The second kappa shape index (κ2) is 6.39. The molecule has 3 aromatic carbocycles. The molecule has 0 radical (unpaired) electrons. The molecule has 1 amide bonds. The summed E-state index contributed by atoms with van der Waals surface area (Å²) in [6.45, 7) is 2.23. The lowest BCUT2D eigenvalue weighted by molar-refractivity contribution is -0.132. The number of carbonyl (C=O) groups is 1. The standard InChI is InChI=1S/C23H18N2O2/c1-16-6-4-9-19(12-16)23(27)20-10-2-3-11-21(20)25(22(23)26)15-18-8-5-7-17(13-18)14-24/h2-13,27H,15H2,1H3/t23-/m0/s1. The lowest BCUT2D eigenvalue weighted by atomic mass is 9.87. The van der Waals surface area contributed by atoms with E-state index < -0.39 is 5.60 Å². The van der Waals surface area contributed by atoms with Gasteiger partial charge in [0.1, 0.15) is 0 Å². The first kappa shape index (κ1) is 17.0. The predicted octanol–water partition coefficient (Wildman–Crippen LogP) is 3.65. The fourth-order valence-corrected chi connectivity index (χ4v) is 3.66. The molecule has 1 heterocycles. The molecule has 0 unspecified atom stereocenters. The van der Waals surface area contributed by atoms with Crippen molar-refractivity contribution in [3.8, 4) is 6.07 Å². The number of hydrogen-bond acceptors (Lipinski definition) is 3. The van der Waals surface area contributed by atoms with Gasteiger partial charge in [0.15, 0.2) is 5.60 Å². The van der Waals surface area contributed by atoms with E-state index in [-0.39, 0.29) is 5.91 Å². The number of nitrogens with zero attached hydrogens (tertiary/aromatic N) is 2. The Morgan fingerprint density at radius 2 is 1.81 bits per heavy atom. The molecule has 0 spiro atoms. The zero-order valence-corrected chi connectivity index (χ0v) is 14.9. The summed E-state index contributed by atoms with van der Waals surface area (Å²) in [5.41, 5.74) is 2.48. The summed E-state index contributed by atoms with van der Waals surface area (Å²) in [4.78, 5) is 15.0. The van der Waals surface area contributed by atoms with Crippen molar-refractivity contribution in [2.75, 3.05) is 4.90 Å². The van der Waals surface area contributed by atoms with E-state index in [1.54, 1.807) is 35.2 Å². The molecule has 0 saturated carbocycles. The van der Waals surface area contributed by atoms with Gasteiger partial charge in [0.25, 0.3) is 5.91 Å². The summed E-state index contributed by atoms with van der Waals surface area (Å²) in [6, 6.07) is 24.0. The molecular weight excluding hydrogens is 336 g/mol. The molecular formula is C23H18N2O2. The molecule has 4 nitrogen and oxygen atoms in total. The van der Waals surface area contributed by atoms with Gasteiger partial charge in [-0.2, -0.15) is 5.26 Å². The topological polar surface area (TPSA) is 64.3 Å². The summed E-state index contributed by atoms with van der Waals surface area (Å²) in [5, 5.41) is 20.6. The van der Waals surface area contributed by atoms with Gasteiger partial charge < -0.3 is 10.0 Å². The molecule has 27 heavy (non-hydrogen) atoms. The highest BCUT2D eigenvalue weighted by atomic mass is 16.3. The van der Waals surface area contributed by atoms with Gasteiger partial charge in [0, 0.05) is 5.56 Å². The first-order valence-corrected chi connectivity index (χ1v) is 8.74. The maximum atomic E-state index is 13.4. The number of amides is 1. The fourth-order valence-electron chi connectivity index (χ4n) is 3.66. The van der Waals surface area contributed by atoms with Crippen LogP contribution in [-0.4, -0.2) is 11.0 Å². The van der Waals surface area contributed by atoms with Crippen molar-refractivity contribution in [2.45, 2.75) is 19.1 Å². The minimum atomic E-state index is -1.71. The van der Waals surface area contributed by atoms with Crippen LogP contribution in [0, 0.1) is 18.3 Å². The molecule has 3 aromatic rings. The molecule has 1 N–H and O–H groups in total. The Balaban J connectivity index is 1.81. The summed E-state index contributed by atoms with van der Waals surface area (Å²) >= 11 is 0. The van der Waals surface area contributed by atoms with Crippen molar-refractivity contribution in [1.29, 1.82) is 5.26 Å². The minimum absolute atomic E-state index is 0.291. The summed E-state index contributed by atoms with van der Waals surface area (Å²) in [5.74, 6) is -0.378. The number of aliphatic hydroxyl groups is 1. The monoisotopic (exact) mass is 354 g/mol. The Morgan fingerprint density at radius 3 is 2.59 bits per heavy atom.